The summed E-state index contributed by atoms with van der Waals surface area (Å²) in [5, 5.41) is 0. The van der Waals surface area contributed by atoms with Gasteiger partial charge in [0.1, 0.15) is 11.9 Å². The molecule has 2 aliphatic rings. The molecule has 0 aromatic heterocycles. The first-order chi connectivity index (χ1) is 10.6. The van der Waals surface area contributed by atoms with Crippen LogP contribution in [0.5, 0.6) is 5.75 Å². The molecule has 1 saturated carbocycles. The zero-order valence-corrected chi connectivity index (χ0v) is 14.4. The van der Waals surface area contributed by atoms with Gasteiger partial charge in [0.2, 0.25) is 0 Å². The molecule has 4 unspecified atom stereocenters. The van der Waals surface area contributed by atoms with E-state index in [-0.39, 0.29) is 0 Å². The lowest BCUT2D eigenvalue weighted by molar-refractivity contribution is 0.0867. The van der Waals surface area contributed by atoms with Crippen molar-refractivity contribution in [3.8, 4) is 5.75 Å². The van der Waals surface area contributed by atoms with Gasteiger partial charge < -0.3 is 4.74 Å². The average Bonchev–Trinajstić information content (AvgIpc) is 2.87. The van der Waals surface area contributed by atoms with Gasteiger partial charge in [0.25, 0.3) is 0 Å². The number of ether oxygens (including phenoxy) is 1. The third-order valence-electron chi connectivity index (χ3n) is 5.68. The van der Waals surface area contributed by atoms with Crippen LogP contribution in [0.1, 0.15) is 69.9 Å². The maximum Gasteiger partial charge on any atom is 0.123 e. The van der Waals surface area contributed by atoms with Crippen LogP contribution in [0.15, 0.2) is 30.4 Å². The number of unbranched alkanes of at least 4 members (excludes halogenated alkanes) is 2. The van der Waals surface area contributed by atoms with E-state index in [2.05, 4.69) is 45.5 Å². The van der Waals surface area contributed by atoms with Crippen molar-refractivity contribution < 1.29 is 4.74 Å². The predicted molar refractivity (Wildman–Crippen MR) is 93.5 cm³/mol. The highest BCUT2D eigenvalue weighted by Crippen LogP contribution is 2.52. The second-order valence-electron chi connectivity index (χ2n) is 7.45. The van der Waals surface area contributed by atoms with E-state index in [0.29, 0.717) is 23.9 Å². The summed E-state index contributed by atoms with van der Waals surface area (Å²) < 4.78 is 6.41. The summed E-state index contributed by atoms with van der Waals surface area (Å²) in [5.74, 6) is 2.93. The van der Waals surface area contributed by atoms with Crippen LogP contribution >= 0.6 is 0 Å². The Morgan fingerprint density at radius 2 is 2.09 bits per heavy atom. The second-order valence-corrected chi connectivity index (χ2v) is 7.45. The predicted octanol–water partition coefficient (Wildman–Crippen LogP) is 5.89. The Balaban J connectivity index is 1.84. The van der Waals surface area contributed by atoms with E-state index in [4.69, 9.17) is 4.74 Å². The Bertz CT molecular complexity index is 545. The molecular formula is C21H30O. The zero-order valence-electron chi connectivity index (χ0n) is 14.4. The molecule has 0 N–H and O–H groups in total. The minimum Gasteiger partial charge on any atom is -0.489 e. The van der Waals surface area contributed by atoms with Crippen LogP contribution < -0.4 is 4.74 Å². The summed E-state index contributed by atoms with van der Waals surface area (Å²) in [6.07, 6.45) is 7.94. The molecule has 1 aromatic rings. The van der Waals surface area contributed by atoms with Crippen molar-refractivity contribution in [3.63, 3.8) is 0 Å². The molecule has 1 aromatic carbocycles. The third-order valence-corrected chi connectivity index (χ3v) is 5.68. The maximum atomic E-state index is 6.41. The Hall–Kier alpha value is -1.24. The molecule has 0 saturated heterocycles. The number of fused-ring (bicyclic) bond motifs is 3. The smallest absolute Gasteiger partial charge is 0.123 e. The lowest BCUT2D eigenvalue weighted by Crippen LogP contribution is -2.36. The Morgan fingerprint density at radius 3 is 2.82 bits per heavy atom. The number of allylic oxidation sites excluding steroid dienone is 1. The molecule has 0 bridgehead atoms. The summed E-state index contributed by atoms with van der Waals surface area (Å²) in [6.45, 7) is 11.0. The molecule has 1 aliphatic heterocycles. The van der Waals surface area contributed by atoms with Crippen molar-refractivity contribution in [2.45, 2.75) is 71.3 Å². The van der Waals surface area contributed by atoms with Crippen molar-refractivity contribution in [3.05, 3.63) is 41.5 Å². The molecule has 0 amide bonds. The molecule has 4 atom stereocenters. The van der Waals surface area contributed by atoms with E-state index in [9.17, 15) is 0 Å². The molecule has 1 nitrogen and oxygen atoms in total. The highest BCUT2D eigenvalue weighted by atomic mass is 16.5. The fourth-order valence-corrected chi connectivity index (χ4v) is 4.34. The van der Waals surface area contributed by atoms with Crippen LogP contribution in [-0.2, 0) is 6.42 Å². The largest absolute Gasteiger partial charge is 0.489 e. The van der Waals surface area contributed by atoms with Crippen molar-refractivity contribution >= 4 is 0 Å². The molecule has 1 fully saturated rings. The van der Waals surface area contributed by atoms with Crippen LogP contribution in [-0.4, -0.2) is 6.10 Å². The minimum atomic E-state index is 0.358. The normalized spacial score (nSPS) is 29.6. The number of hydrogen-bond acceptors (Lipinski definition) is 1. The standard InChI is InChI=1S/C21H30O/c1-5-6-7-8-16-10-12-18-19(13-16)22-21-15(4)9-11-17(14(2)3)20(18)21/h10,12-13,15,17,20-21H,2,5-9,11H2,1,3-4H3. The molecule has 0 radical (unpaired) electrons. The number of hydrogen-bond donors (Lipinski definition) is 0. The average molecular weight is 298 g/mol. The summed E-state index contributed by atoms with van der Waals surface area (Å²) in [6, 6.07) is 6.98. The van der Waals surface area contributed by atoms with Crippen molar-refractivity contribution in [2.24, 2.45) is 11.8 Å². The topological polar surface area (TPSA) is 9.23 Å². The van der Waals surface area contributed by atoms with E-state index < -0.39 is 0 Å². The minimum absolute atomic E-state index is 0.358. The molecule has 1 aliphatic carbocycles. The molecule has 22 heavy (non-hydrogen) atoms. The first-order valence-electron chi connectivity index (χ1n) is 9.06. The van der Waals surface area contributed by atoms with Gasteiger partial charge in [0, 0.05) is 11.5 Å². The van der Waals surface area contributed by atoms with Gasteiger partial charge in [-0.25, -0.2) is 0 Å². The van der Waals surface area contributed by atoms with Crippen LogP contribution in [0.4, 0.5) is 0 Å². The molecule has 3 rings (SSSR count). The van der Waals surface area contributed by atoms with Gasteiger partial charge in [-0.1, -0.05) is 51.0 Å². The van der Waals surface area contributed by atoms with E-state index in [1.807, 2.05) is 0 Å². The summed E-state index contributed by atoms with van der Waals surface area (Å²) in [5.41, 5.74) is 4.19. The third kappa shape index (κ3) is 2.83. The SMILES string of the molecule is C=C(C)C1CCC(C)C2Oc3cc(CCCCC)ccc3C12. The summed E-state index contributed by atoms with van der Waals surface area (Å²) >= 11 is 0. The van der Waals surface area contributed by atoms with Gasteiger partial charge in [-0.3, -0.25) is 0 Å². The zero-order chi connectivity index (χ0) is 15.7. The first kappa shape index (κ1) is 15.6. The van der Waals surface area contributed by atoms with E-state index >= 15 is 0 Å². The van der Waals surface area contributed by atoms with Gasteiger partial charge in [0.05, 0.1) is 0 Å². The van der Waals surface area contributed by atoms with Gasteiger partial charge in [0.15, 0.2) is 0 Å². The maximum absolute atomic E-state index is 6.41. The van der Waals surface area contributed by atoms with Crippen molar-refractivity contribution in [2.75, 3.05) is 0 Å². The number of aryl methyl sites for hydroxylation is 1. The monoisotopic (exact) mass is 298 g/mol. The van der Waals surface area contributed by atoms with E-state index in [1.54, 1.807) is 0 Å². The summed E-state index contributed by atoms with van der Waals surface area (Å²) in [7, 11) is 0. The highest BCUT2D eigenvalue weighted by Gasteiger charge is 2.45. The molecule has 1 heteroatoms. The Labute approximate surface area is 135 Å². The Morgan fingerprint density at radius 1 is 1.27 bits per heavy atom. The van der Waals surface area contributed by atoms with Gasteiger partial charge in [-0.2, -0.15) is 0 Å². The molecule has 0 spiro atoms. The van der Waals surface area contributed by atoms with Crippen LogP contribution in [0.25, 0.3) is 0 Å². The fraction of sp³-hybridized carbons (Fsp3) is 0.619. The number of benzene rings is 1. The van der Waals surface area contributed by atoms with Crippen LogP contribution in [0.3, 0.4) is 0 Å². The second kappa shape index (κ2) is 6.48. The van der Waals surface area contributed by atoms with E-state index in [0.717, 1.165) is 5.75 Å². The lowest BCUT2D eigenvalue weighted by Gasteiger charge is -2.37. The molecule has 1 heterocycles. The Kier molecular flexibility index (Phi) is 4.61. The van der Waals surface area contributed by atoms with Crippen molar-refractivity contribution in [1.29, 1.82) is 0 Å². The molecular weight excluding hydrogens is 268 g/mol. The number of rotatable bonds is 5. The van der Waals surface area contributed by atoms with Crippen LogP contribution in [0.2, 0.25) is 0 Å². The lowest BCUT2D eigenvalue weighted by atomic mass is 9.68. The quantitative estimate of drug-likeness (QED) is 0.487. The van der Waals surface area contributed by atoms with E-state index in [1.165, 1.54) is 55.2 Å². The first-order valence-corrected chi connectivity index (χ1v) is 9.06. The fourth-order valence-electron chi connectivity index (χ4n) is 4.34. The summed E-state index contributed by atoms with van der Waals surface area (Å²) in [4.78, 5) is 0. The molecule has 120 valence electrons. The van der Waals surface area contributed by atoms with Gasteiger partial charge >= 0.3 is 0 Å². The van der Waals surface area contributed by atoms with Gasteiger partial charge in [-0.05, 0) is 56.1 Å². The highest BCUT2D eigenvalue weighted by molar-refractivity contribution is 5.46. The van der Waals surface area contributed by atoms with Gasteiger partial charge in [-0.15, -0.1) is 0 Å². The van der Waals surface area contributed by atoms with Crippen LogP contribution in [0, 0.1) is 11.8 Å². The van der Waals surface area contributed by atoms with Crippen molar-refractivity contribution in [1.82, 2.24) is 0 Å².